The van der Waals surface area contributed by atoms with Gasteiger partial charge in [0.25, 0.3) is 0 Å². The molecule has 0 aliphatic rings. The van der Waals surface area contributed by atoms with Crippen LogP contribution in [0.1, 0.15) is 36.5 Å². The van der Waals surface area contributed by atoms with Gasteiger partial charge >= 0.3 is 0 Å². The molecule has 29 heavy (non-hydrogen) atoms. The fourth-order valence-electron chi connectivity index (χ4n) is 3.11. The van der Waals surface area contributed by atoms with Gasteiger partial charge in [-0.05, 0) is 54.7 Å². The molecule has 8 nitrogen and oxygen atoms in total. The number of phenolic OH excluding ortho intramolecular Hbond substituents is 3. The number of hydrogen-bond acceptors (Lipinski definition) is 8. The number of aliphatic hydroxyl groups is 3. The molecule has 0 aromatic heterocycles. The summed E-state index contributed by atoms with van der Waals surface area (Å²) in [6, 6.07) is 7.57. The van der Waals surface area contributed by atoms with Crippen LogP contribution in [0, 0.1) is 0 Å². The van der Waals surface area contributed by atoms with Gasteiger partial charge in [-0.1, -0.05) is 6.07 Å². The highest BCUT2D eigenvalue weighted by Crippen LogP contribution is 2.38. The third-order valence-electron chi connectivity index (χ3n) is 4.73. The van der Waals surface area contributed by atoms with Gasteiger partial charge in [0.05, 0.1) is 32.5 Å². The monoisotopic (exact) mass is 408 g/mol. The van der Waals surface area contributed by atoms with Crippen molar-refractivity contribution >= 4 is 0 Å². The highest BCUT2D eigenvalue weighted by atomic mass is 16.5. The molecule has 0 radical (unpaired) electrons. The second-order valence-corrected chi connectivity index (χ2v) is 6.93. The van der Waals surface area contributed by atoms with Crippen molar-refractivity contribution in [3.63, 3.8) is 0 Å². The Morgan fingerprint density at radius 3 is 2.10 bits per heavy atom. The number of aliphatic hydroxyl groups excluding tert-OH is 3. The zero-order chi connectivity index (χ0) is 21.6. The first-order valence-electron chi connectivity index (χ1n) is 9.25. The molecule has 0 aliphatic heterocycles. The highest BCUT2D eigenvalue weighted by molar-refractivity contribution is 5.52. The van der Waals surface area contributed by atoms with E-state index in [0.29, 0.717) is 18.6 Å². The van der Waals surface area contributed by atoms with Crippen LogP contribution >= 0.6 is 0 Å². The van der Waals surface area contributed by atoms with Gasteiger partial charge < -0.3 is 40.1 Å². The van der Waals surface area contributed by atoms with Gasteiger partial charge in [0, 0.05) is 6.42 Å². The van der Waals surface area contributed by atoms with Crippen LogP contribution in [0.2, 0.25) is 0 Å². The molecule has 0 aliphatic carbocycles. The zero-order valence-electron chi connectivity index (χ0n) is 16.4. The summed E-state index contributed by atoms with van der Waals surface area (Å²) in [5.74, 6) is -0.457. The van der Waals surface area contributed by atoms with E-state index in [-0.39, 0.29) is 29.9 Å². The number of aromatic hydroxyl groups is 3. The predicted molar refractivity (Wildman–Crippen MR) is 106 cm³/mol. The summed E-state index contributed by atoms with van der Waals surface area (Å²) in [6.07, 6.45) is -2.04. The first kappa shape index (κ1) is 22.6. The number of ether oxygens (including phenoxy) is 2. The Bertz CT molecular complexity index is 808. The molecule has 2 aromatic rings. The highest BCUT2D eigenvalue weighted by Gasteiger charge is 2.20. The number of hydrogen-bond donors (Lipinski definition) is 6. The largest absolute Gasteiger partial charge is 0.504 e. The Morgan fingerprint density at radius 1 is 0.793 bits per heavy atom. The summed E-state index contributed by atoms with van der Waals surface area (Å²) >= 11 is 0. The fourth-order valence-corrected chi connectivity index (χ4v) is 3.11. The van der Waals surface area contributed by atoms with E-state index in [1.807, 2.05) is 0 Å². The van der Waals surface area contributed by atoms with Crippen LogP contribution in [0.4, 0.5) is 0 Å². The molecule has 2 rings (SSSR count). The summed E-state index contributed by atoms with van der Waals surface area (Å²) in [4.78, 5) is 0. The number of aryl methyl sites for hydroxylation is 1. The summed E-state index contributed by atoms with van der Waals surface area (Å²) in [7, 11) is 2.78. The molecule has 0 saturated carbocycles. The maximum atomic E-state index is 10.3. The first-order valence-corrected chi connectivity index (χ1v) is 9.25. The molecule has 0 bridgehead atoms. The van der Waals surface area contributed by atoms with E-state index in [4.69, 9.17) is 9.47 Å². The number of phenols is 3. The van der Waals surface area contributed by atoms with Crippen LogP contribution in [0.25, 0.3) is 0 Å². The summed E-state index contributed by atoms with van der Waals surface area (Å²) in [6.45, 7) is 0. The predicted octanol–water partition coefficient (Wildman–Crippen LogP) is 1.99. The van der Waals surface area contributed by atoms with Crippen LogP contribution in [-0.2, 0) is 6.42 Å². The van der Waals surface area contributed by atoms with Gasteiger partial charge in [0.1, 0.15) is 0 Å². The Balaban J connectivity index is 1.87. The molecule has 0 spiro atoms. The molecule has 160 valence electrons. The van der Waals surface area contributed by atoms with Crippen molar-refractivity contribution in [2.45, 2.75) is 44.0 Å². The average Bonchev–Trinajstić information content (AvgIpc) is 2.68. The normalized spacial score (nSPS) is 14.2. The lowest BCUT2D eigenvalue weighted by Crippen LogP contribution is -2.20. The number of benzene rings is 2. The van der Waals surface area contributed by atoms with Crippen LogP contribution in [0.5, 0.6) is 28.7 Å². The maximum Gasteiger partial charge on any atom is 0.200 e. The quantitative estimate of drug-likeness (QED) is 0.328. The van der Waals surface area contributed by atoms with E-state index in [1.54, 1.807) is 18.2 Å². The van der Waals surface area contributed by atoms with Crippen molar-refractivity contribution in [3.05, 3.63) is 41.5 Å². The Kier molecular flexibility index (Phi) is 7.95. The molecule has 0 fully saturated rings. The fraction of sp³-hybridized carbons (Fsp3) is 0.429. The minimum absolute atomic E-state index is 0.0105. The van der Waals surface area contributed by atoms with E-state index in [2.05, 4.69) is 0 Å². The van der Waals surface area contributed by atoms with Crippen molar-refractivity contribution < 1.29 is 40.1 Å². The molecular formula is C21H28O8. The molecule has 8 heteroatoms. The van der Waals surface area contributed by atoms with Crippen molar-refractivity contribution in [2.24, 2.45) is 0 Å². The molecule has 3 unspecified atom stereocenters. The van der Waals surface area contributed by atoms with Gasteiger partial charge in [-0.3, -0.25) is 0 Å². The molecule has 2 aromatic carbocycles. The summed E-state index contributed by atoms with van der Waals surface area (Å²) in [5, 5.41) is 59.8. The molecule has 3 atom stereocenters. The minimum Gasteiger partial charge on any atom is -0.504 e. The van der Waals surface area contributed by atoms with Gasteiger partial charge in [-0.15, -0.1) is 0 Å². The van der Waals surface area contributed by atoms with E-state index < -0.39 is 29.8 Å². The summed E-state index contributed by atoms with van der Waals surface area (Å²) in [5.41, 5.74) is 1.10. The van der Waals surface area contributed by atoms with Crippen molar-refractivity contribution in [1.29, 1.82) is 0 Å². The second-order valence-electron chi connectivity index (χ2n) is 6.93. The first-order chi connectivity index (χ1) is 13.7. The third-order valence-corrected chi connectivity index (χ3v) is 4.73. The topological polar surface area (TPSA) is 140 Å². The van der Waals surface area contributed by atoms with Crippen LogP contribution in [0.3, 0.4) is 0 Å². The Hall–Kier alpha value is -2.68. The van der Waals surface area contributed by atoms with Crippen LogP contribution < -0.4 is 9.47 Å². The van der Waals surface area contributed by atoms with Crippen molar-refractivity contribution in [2.75, 3.05) is 14.2 Å². The maximum absolute atomic E-state index is 10.3. The van der Waals surface area contributed by atoms with Gasteiger partial charge in [0.2, 0.25) is 5.75 Å². The van der Waals surface area contributed by atoms with Crippen LogP contribution in [-0.4, -0.2) is 57.1 Å². The lowest BCUT2D eigenvalue weighted by molar-refractivity contribution is 0.0368. The number of methoxy groups -OCH3 is 2. The lowest BCUT2D eigenvalue weighted by atomic mass is 9.97. The number of rotatable bonds is 10. The summed E-state index contributed by atoms with van der Waals surface area (Å²) < 4.78 is 9.92. The Morgan fingerprint density at radius 2 is 1.48 bits per heavy atom. The SMILES string of the molecule is COc1ccc(CCC(O)CC(O)CC(O)c2cc(O)c(O)c(OC)c2)cc1O. The van der Waals surface area contributed by atoms with Gasteiger partial charge in [-0.2, -0.15) is 0 Å². The zero-order valence-corrected chi connectivity index (χ0v) is 16.4. The molecule has 0 heterocycles. The van der Waals surface area contributed by atoms with Gasteiger partial charge in [0.15, 0.2) is 23.0 Å². The standard InChI is InChI=1S/C21H28O8/c1-28-19-6-4-12(7-17(19)25)3-5-14(22)10-15(23)11-16(24)13-8-18(26)21(27)20(9-13)29-2/h4,6-9,14-16,22-27H,3,5,10-11H2,1-2H3. The van der Waals surface area contributed by atoms with Gasteiger partial charge in [-0.25, -0.2) is 0 Å². The van der Waals surface area contributed by atoms with Crippen LogP contribution in [0.15, 0.2) is 30.3 Å². The smallest absolute Gasteiger partial charge is 0.200 e. The average molecular weight is 408 g/mol. The molecule has 0 amide bonds. The second kappa shape index (κ2) is 10.2. The Labute approximate surface area is 169 Å². The molecular weight excluding hydrogens is 380 g/mol. The van der Waals surface area contributed by atoms with E-state index >= 15 is 0 Å². The van der Waals surface area contributed by atoms with Crippen molar-refractivity contribution in [1.82, 2.24) is 0 Å². The van der Waals surface area contributed by atoms with E-state index in [9.17, 15) is 30.6 Å². The lowest BCUT2D eigenvalue weighted by Gasteiger charge is -2.20. The van der Waals surface area contributed by atoms with E-state index in [0.717, 1.165) is 5.56 Å². The van der Waals surface area contributed by atoms with Crippen molar-refractivity contribution in [3.8, 4) is 28.7 Å². The third kappa shape index (κ3) is 6.15. The van der Waals surface area contributed by atoms with E-state index in [1.165, 1.54) is 26.4 Å². The molecule has 6 N–H and O–H groups in total. The minimum atomic E-state index is -1.11. The molecule has 0 saturated heterocycles.